The Morgan fingerprint density at radius 1 is 1.50 bits per heavy atom. The van der Waals surface area contributed by atoms with Crippen molar-refractivity contribution in [3.8, 4) is 0 Å². The molecule has 1 aromatic heterocycles. The van der Waals surface area contributed by atoms with Gasteiger partial charge in [-0.1, -0.05) is 19.4 Å². The van der Waals surface area contributed by atoms with Gasteiger partial charge in [0, 0.05) is 12.7 Å². The molecule has 0 aromatic carbocycles. The van der Waals surface area contributed by atoms with Crippen molar-refractivity contribution in [2.75, 3.05) is 13.1 Å². The van der Waals surface area contributed by atoms with E-state index in [1.165, 1.54) is 25.5 Å². The first-order valence-electron chi connectivity index (χ1n) is 6.60. The maximum absolute atomic E-state index is 11.1. The smallest absolute Gasteiger partial charge is 0.354 e. The van der Waals surface area contributed by atoms with Crippen LogP contribution >= 0.6 is 0 Å². The Balaban J connectivity index is 2.00. The fourth-order valence-corrected chi connectivity index (χ4v) is 2.55. The third-order valence-electron chi connectivity index (χ3n) is 3.77. The largest absolute Gasteiger partial charge is 0.477 e. The van der Waals surface area contributed by atoms with Gasteiger partial charge in [-0.15, -0.1) is 0 Å². The lowest BCUT2D eigenvalue weighted by molar-refractivity contribution is 0.0687. The zero-order valence-electron chi connectivity index (χ0n) is 10.8. The van der Waals surface area contributed by atoms with E-state index in [0.29, 0.717) is 6.54 Å². The number of hydrogen-bond donors (Lipinski definition) is 1. The summed E-state index contributed by atoms with van der Waals surface area (Å²) in [7, 11) is 0. The number of nitrogens with zero attached hydrogens (tertiary/aromatic N) is 2. The van der Waals surface area contributed by atoms with Gasteiger partial charge in [-0.05, 0) is 43.5 Å². The number of aromatic carboxylic acids is 1. The average Bonchev–Trinajstić information content (AvgIpc) is 2.40. The first-order chi connectivity index (χ1) is 8.70. The van der Waals surface area contributed by atoms with Gasteiger partial charge in [-0.25, -0.2) is 9.78 Å². The van der Waals surface area contributed by atoms with E-state index < -0.39 is 5.97 Å². The Morgan fingerprint density at radius 3 is 2.83 bits per heavy atom. The maximum atomic E-state index is 11.1. The molecule has 1 saturated heterocycles. The highest BCUT2D eigenvalue weighted by molar-refractivity contribution is 5.86. The number of likely N-dealkylation sites (tertiary alicyclic amines) is 1. The van der Waals surface area contributed by atoms with Gasteiger partial charge in [0.15, 0.2) is 5.69 Å². The van der Waals surface area contributed by atoms with Gasteiger partial charge >= 0.3 is 5.97 Å². The SMILES string of the molecule is CCC1CCN(Cc2cccnc2C(=O)O)CC1. The molecule has 1 aliphatic heterocycles. The second kappa shape index (κ2) is 5.96. The number of pyridine rings is 1. The second-order valence-corrected chi connectivity index (χ2v) is 4.94. The van der Waals surface area contributed by atoms with Crippen molar-refractivity contribution >= 4 is 5.97 Å². The Hall–Kier alpha value is -1.42. The molecule has 0 aliphatic carbocycles. The van der Waals surface area contributed by atoms with Crippen LogP contribution in [-0.4, -0.2) is 34.0 Å². The molecule has 0 atom stereocenters. The molecular weight excluding hydrogens is 228 g/mol. The average molecular weight is 248 g/mol. The summed E-state index contributed by atoms with van der Waals surface area (Å²) in [6, 6.07) is 3.67. The van der Waals surface area contributed by atoms with Crippen molar-refractivity contribution < 1.29 is 9.90 Å². The molecule has 4 nitrogen and oxygen atoms in total. The normalized spacial score (nSPS) is 17.8. The number of piperidine rings is 1. The predicted molar refractivity (Wildman–Crippen MR) is 69.5 cm³/mol. The van der Waals surface area contributed by atoms with Gasteiger partial charge < -0.3 is 5.11 Å². The van der Waals surface area contributed by atoms with Crippen LogP contribution in [0.3, 0.4) is 0 Å². The first kappa shape index (κ1) is 13.0. The summed E-state index contributed by atoms with van der Waals surface area (Å²) < 4.78 is 0. The summed E-state index contributed by atoms with van der Waals surface area (Å²) in [5.41, 5.74) is 1.01. The summed E-state index contributed by atoms with van der Waals surface area (Å²) in [5, 5.41) is 9.09. The molecule has 0 amide bonds. The molecule has 1 N–H and O–H groups in total. The number of carbonyl (C=O) groups is 1. The van der Waals surface area contributed by atoms with Crippen LogP contribution in [0.2, 0.25) is 0 Å². The monoisotopic (exact) mass is 248 g/mol. The molecule has 2 heterocycles. The molecule has 0 saturated carbocycles. The summed E-state index contributed by atoms with van der Waals surface area (Å²) >= 11 is 0. The predicted octanol–water partition coefficient (Wildman–Crippen LogP) is 2.40. The van der Waals surface area contributed by atoms with Gasteiger partial charge in [0.1, 0.15) is 0 Å². The Labute approximate surface area is 108 Å². The Morgan fingerprint density at radius 2 is 2.22 bits per heavy atom. The highest BCUT2D eigenvalue weighted by Crippen LogP contribution is 2.21. The van der Waals surface area contributed by atoms with Crippen molar-refractivity contribution in [1.82, 2.24) is 9.88 Å². The van der Waals surface area contributed by atoms with Crippen LogP contribution in [0.25, 0.3) is 0 Å². The van der Waals surface area contributed by atoms with E-state index in [2.05, 4.69) is 16.8 Å². The molecule has 1 fully saturated rings. The van der Waals surface area contributed by atoms with E-state index in [9.17, 15) is 4.79 Å². The molecule has 18 heavy (non-hydrogen) atoms. The molecular formula is C14H20N2O2. The van der Waals surface area contributed by atoms with Gasteiger partial charge in [-0.2, -0.15) is 0 Å². The Kier molecular flexibility index (Phi) is 4.31. The minimum atomic E-state index is -0.936. The molecule has 0 spiro atoms. The third-order valence-corrected chi connectivity index (χ3v) is 3.77. The summed E-state index contributed by atoms with van der Waals surface area (Å²) in [6.45, 7) is 5.06. The van der Waals surface area contributed by atoms with E-state index in [0.717, 1.165) is 24.6 Å². The standard InChI is InChI=1S/C14H20N2O2/c1-2-11-5-8-16(9-6-11)10-12-4-3-7-15-13(12)14(17)18/h3-4,7,11H,2,5-6,8-10H2,1H3,(H,17,18). The minimum absolute atomic E-state index is 0.190. The van der Waals surface area contributed by atoms with Crippen molar-refractivity contribution in [2.45, 2.75) is 32.7 Å². The molecule has 1 aliphatic rings. The van der Waals surface area contributed by atoms with Gasteiger partial charge in [0.2, 0.25) is 0 Å². The van der Waals surface area contributed by atoms with Crippen LogP contribution in [-0.2, 0) is 6.54 Å². The van der Waals surface area contributed by atoms with Gasteiger partial charge in [-0.3, -0.25) is 4.90 Å². The van der Waals surface area contributed by atoms with Crippen molar-refractivity contribution in [3.63, 3.8) is 0 Å². The molecule has 4 heteroatoms. The number of carboxylic acids is 1. The van der Waals surface area contributed by atoms with Crippen LogP contribution in [0.15, 0.2) is 18.3 Å². The van der Waals surface area contributed by atoms with E-state index in [1.807, 2.05) is 6.07 Å². The molecule has 0 unspecified atom stereocenters. The highest BCUT2D eigenvalue weighted by atomic mass is 16.4. The van der Waals surface area contributed by atoms with E-state index >= 15 is 0 Å². The third kappa shape index (κ3) is 3.07. The van der Waals surface area contributed by atoms with E-state index in [4.69, 9.17) is 5.11 Å². The molecule has 2 rings (SSSR count). The van der Waals surface area contributed by atoms with Crippen LogP contribution in [0.5, 0.6) is 0 Å². The first-order valence-corrected chi connectivity index (χ1v) is 6.60. The number of hydrogen-bond acceptors (Lipinski definition) is 3. The van der Waals surface area contributed by atoms with Crippen LogP contribution in [0.4, 0.5) is 0 Å². The zero-order chi connectivity index (χ0) is 13.0. The second-order valence-electron chi connectivity index (χ2n) is 4.94. The lowest BCUT2D eigenvalue weighted by Gasteiger charge is -2.31. The lowest BCUT2D eigenvalue weighted by Crippen LogP contribution is -2.33. The number of carboxylic acid groups (broad SMARTS) is 1. The lowest BCUT2D eigenvalue weighted by atomic mass is 9.94. The van der Waals surface area contributed by atoms with Crippen molar-refractivity contribution in [3.05, 3.63) is 29.6 Å². The van der Waals surface area contributed by atoms with Crippen LogP contribution in [0, 0.1) is 5.92 Å². The fourth-order valence-electron chi connectivity index (χ4n) is 2.55. The van der Waals surface area contributed by atoms with E-state index in [1.54, 1.807) is 6.07 Å². The highest BCUT2D eigenvalue weighted by Gasteiger charge is 2.20. The number of aromatic nitrogens is 1. The quantitative estimate of drug-likeness (QED) is 0.889. The molecule has 98 valence electrons. The fraction of sp³-hybridized carbons (Fsp3) is 0.571. The maximum Gasteiger partial charge on any atom is 0.354 e. The van der Waals surface area contributed by atoms with Crippen molar-refractivity contribution in [2.24, 2.45) is 5.92 Å². The number of rotatable bonds is 4. The van der Waals surface area contributed by atoms with Crippen LogP contribution < -0.4 is 0 Å². The van der Waals surface area contributed by atoms with Gasteiger partial charge in [0.05, 0.1) is 0 Å². The van der Waals surface area contributed by atoms with Gasteiger partial charge in [0.25, 0.3) is 0 Å². The summed E-state index contributed by atoms with van der Waals surface area (Å²) in [4.78, 5) is 17.4. The summed E-state index contributed by atoms with van der Waals surface area (Å²) in [6.07, 6.45) is 5.23. The van der Waals surface area contributed by atoms with Crippen molar-refractivity contribution in [1.29, 1.82) is 0 Å². The Bertz CT molecular complexity index is 412. The minimum Gasteiger partial charge on any atom is -0.477 e. The zero-order valence-corrected chi connectivity index (χ0v) is 10.8. The molecule has 1 aromatic rings. The van der Waals surface area contributed by atoms with E-state index in [-0.39, 0.29) is 5.69 Å². The topological polar surface area (TPSA) is 53.4 Å². The molecule has 0 radical (unpaired) electrons. The van der Waals surface area contributed by atoms with Crippen LogP contribution in [0.1, 0.15) is 42.2 Å². The molecule has 0 bridgehead atoms. The summed E-state index contributed by atoms with van der Waals surface area (Å²) in [5.74, 6) is -0.0943.